The van der Waals surface area contributed by atoms with Crippen molar-refractivity contribution < 1.29 is 18.7 Å². The standard InChI is InChI=1S/C15H17ClFNO3/c1-2-21-15(20)11-4-3-7-18(9-11)14(19)10-5-6-12(16)13(17)8-10/h5-6,8,11H,2-4,7,9H2,1H3/t11-/m1/s1. The maximum Gasteiger partial charge on any atom is 0.310 e. The van der Waals surface area contributed by atoms with E-state index in [9.17, 15) is 14.0 Å². The molecule has 4 nitrogen and oxygen atoms in total. The average Bonchev–Trinajstić information content (AvgIpc) is 2.49. The number of esters is 1. The van der Waals surface area contributed by atoms with Crippen LogP contribution in [-0.4, -0.2) is 36.5 Å². The monoisotopic (exact) mass is 313 g/mol. The fourth-order valence-corrected chi connectivity index (χ4v) is 2.54. The van der Waals surface area contributed by atoms with E-state index in [2.05, 4.69) is 0 Å². The van der Waals surface area contributed by atoms with Gasteiger partial charge in [0.15, 0.2) is 0 Å². The smallest absolute Gasteiger partial charge is 0.310 e. The molecule has 1 fully saturated rings. The molecule has 1 aliphatic heterocycles. The van der Waals surface area contributed by atoms with Crippen LogP contribution in [0.1, 0.15) is 30.1 Å². The Morgan fingerprint density at radius 1 is 1.48 bits per heavy atom. The van der Waals surface area contributed by atoms with E-state index in [4.69, 9.17) is 16.3 Å². The number of ether oxygens (including phenoxy) is 1. The molecule has 114 valence electrons. The quantitative estimate of drug-likeness (QED) is 0.806. The summed E-state index contributed by atoms with van der Waals surface area (Å²) in [7, 11) is 0. The highest BCUT2D eigenvalue weighted by molar-refractivity contribution is 6.30. The zero-order chi connectivity index (χ0) is 15.4. The van der Waals surface area contributed by atoms with Crippen molar-refractivity contribution in [3.8, 4) is 0 Å². The summed E-state index contributed by atoms with van der Waals surface area (Å²) in [5.74, 6) is -1.50. The molecular weight excluding hydrogens is 297 g/mol. The van der Waals surface area contributed by atoms with Crippen molar-refractivity contribution in [3.63, 3.8) is 0 Å². The number of halogens is 2. The van der Waals surface area contributed by atoms with Gasteiger partial charge >= 0.3 is 5.97 Å². The van der Waals surface area contributed by atoms with Crippen LogP contribution >= 0.6 is 11.6 Å². The van der Waals surface area contributed by atoms with Crippen LogP contribution in [0.3, 0.4) is 0 Å². The van der Waals surface area contributed by atoms with Crippen LogP contribution in [0.5, 0.6) is 0 Å². The first-order valence-corrected chi connectivity index (χ1v) is 7.31. The molecule has 2 rings (SSSR count). The summed E-state index contributed by atoms with van der Waals surface area (Å²) in [5.41, 5.74) is 0.237. The number of nitrogens with zero attached hydrogens (tertiary/aromatic N) is 1. The molecule has 6 heteroatoms. The van der Waals surface area contributed by atoms with E-state index in [-0.39, 0.29) is 28.4 Å². The second-order valence-corrected chi connectivity index (χ2v) is 5.38. The molecule has 1 saturated heterocycles. The van der Waals surface area contributed by atoms with Gasteiger partial charge in [-0.15, -0.1) is 0 Å². The second-order valence-electron chi connectivity index (χ2n) is 4.97. The molecule has 0 aliphatic carbocycles. The number of benzene rings is 1. The normalized spacial score (nSPS) is 18.4. The first kappa shape index (κ1) is 15.8. The van der Waals surface area contributed by atoms with E-state index in [0.29, 0.717) is 26.1 Å². The van der Waals surface area contributed by atoms with E-state index in [0.717, 1.165) is 12.5 Å². The topological polar surface area (TPSA) is 46.6 Å². The highest BCUT2D eigenvalue weighted by Gasteiger charge is 2.29. The van der Waals surface area contributed by atoms with Crippen molar-refractivity contribution in [1.29, 1.82) is 0 Å². The molecule has 0 N–H and O–H groups in total. The van der Waals surface area contributed by atoms with Crippen LogP contribution < -0.4 is 0 Å². The predicted octanol–water partition coefficient (Wildman–Crippen LogP) is 2.89. The van der Waals surface area contributed by atoms with Gasteiger partial charge in [0.2, 0.25) is 0 Å². The SMILES string of the molecule is CCOC(=O)[C@@H]1CCCN(C(=O)c2ccc(Cl)c(F)c2)C1. The lowest BCUT2D eigenvalue weighted by Crippen LogP contribution is -2.42. The lowest BCUT2D eigenvalue weighted by molar-refractivity contribution is -0.149. The highest BCUT2D eigenvalue weighted by Crippen LogP contribution is 2.22. The number of hydrogen-bond donors (Lipinski definition) is 0. The van der Waals surface area contributed by atoms with E-state index < -0.39 is 5.82 Å². The van der Waals surface area contributed by atoms with Gasteiger partial charge < -0.3 is 9.64 Å². The molecule has 0 bridgehead atoms. The Kier molecular flexibility index (Phi) is 5.17. The Hall–Kier alpha value is -1.62. The maximum atomic E-state index is 13.4. The minimum Gasteiger partial charge on any atom is -0.466 e. The van der Waals surface area contributed by atoms with Gasteiger partial charge in [-0.3, -0.25) is 9.59 Å². The summed E-state index contributed by atoms with van der Waals surface area (Å²) in [5, 5.41) is -0.0189. The molecule has 0 spiro atoms. The minimum atomic E-state index is -0.624. The second kappa shape index (κ2) is 6.89. The number of carbonyl (C=O) groups excluding carboxylic acids is 2. The van der Waals surface area contributed by atoms with E-state index in [1.54, 1.807) is 11.8 Å². The van der Waals surface area contributed by atoms with Crippen molar-refractivity contribution in [2.24, 2.45) is 5.92 Å². The van der Waals surface area contributed by atoms with E-state index in [1.807, 2.05) is 0 Å². The van der Waals surface area contributed by atoms with Gasteiger partial charge in [-0.2, -0.15) is 0 Å². The summed E-state index contributed by atoms with van der Waals surface area (Å²) >= 11 is 5.61. The number of piperidine rings is 1. The number of rotatable bonds is 3. The van der Waals surface area contributed by atoms with Gasteiger partial charge in [-0.1, -0.05) is 11.6 Å². The van der Waals surface area contributed by atoms with Crippen LogP contribution in [0.25, 0.3) is 0 Å². The lowest BCUT2D eigenvalue weighted by atomic mass is 9.97. The van der Waals surface area contributed by atoms with Gasteiger partial charge in [0, 0.05) is 18.7 Å². The van der Waals surface area contributed by atoms with Crippen LogP contribution in [0, 0.1) is 11.7 Å². The average molecular weight is 314 g/mol. The summed E-state index contributed by atoms with van der Waals surface area (Å²) in [6, 6.07) is 3.97. The molecule has 1 heterocycles. The van der Waals surface area contributed by atoms with Crippen molar-refractivity contribution in [2.75, 3.05) is 19.7 Å². The largest absolute Gasteiger partial charge is 0.466 e. The van der Waals surface area contributed by atoms with Crippen molar-refractivity contribution in [2.45, 2.75) is 19.8 Å². The van der Waals surface area contributed by atoms with Crippen LogP contribution in [0.2, 0.25) is 5.02 Å². The first-order valence-electron chi connectivity index (χ1n) is 6.94. The van der Waals surface area contributed by atoms with Gasteiger partial charge in [0.25, 0.3) is 5.91 Å². The zero-order valence-electron chi connectivity index (χ0n) is 11.8. The molecule has 1 amide bonds. The maximum absolute atomic E-state index is 13.4. The van der Waals surface area contributed by atoms with E-state index >= 15 is 0 Å². The fraction of sp³-hybridized carbons (Fsp3) is 0.467. The molecule has 1 aromatic carbocycles. The summed E-state index contributed by atoms with van der Waals surface area (Å²) < 4.78 is 18.4. The summed E-state index contributed by atoms with van der Waals surface area (Å²) in [6.07, 6.45) is 1.43. The molecule has 0 radical (unpaired) electrons. The molecule has 0 aromatic heterocycles. The Labute approximate surface area is 127 Å². The summed E-state index contributed by atoms with van der Waals surface area (Å²) in [6.45, 7) is 2.94. The van der Waals surface area contributed by atoms with Crippen LogP contribution in [0.15, 0.2) is 18.2 Å². The Balaban J connectivity index is 2.08. The van der Waals surface area contributed by atoms with Gasteiger partial charge in [0.1, 0.15) is 5.82 Å². The van der Waals surface area contributed by atoms with Gasteiger partial charge in [0.05, 0.1) is 17.5 Å². The fourth-order valence-electron chi connectivity index (χ4n) is 2.43. The first-order chi connectivity index (χ1) is 10.0. The molecule has 1 aromatic rings. The molecule has 1 atom stereocenters. The third kappa shape index (κ3) is 3.73. The molecule has 0 unspecified atom stereocenters. The van der Waals surface area contributed by atoms with Gasteiger partial charge in [-0.25, -0.2) is 4.39 Å². The van der Waals surface area contributed by atoms with Crippen molar-refractivity contribution >= 4 is 23.5 Å². The number of carbonyl (C=O) groups is 2. The van der Waals surface area contributed by atoms with Crippen LogP contribution in [-0.2, 0) is 9.53 Å². The summed E-state index contributed by atoms with van der Waals surface area (Å²) in [4.78, 5) is 25.7. The molecule has 1 aliphatic rings. The Morgan fingerprint density at radius 3 is 2.90 bits per heavy atom. The third-order valence-corrected chi connectivity index (χ3v) is 3.80. The molecular formula is C15H17ClFNO3. The Morgan fingerprint density at radius 2 is 2.24 bits per heavy atom. The molecule has 21 heavy (non-hydrogen) atoms. The zero-order valence-corrected chi connectivity index (χ0v) is 12.5. The van der Waals surface area contributed by atoms with Crippen molar-refractivity contribution in [1.82, 2.24) is 4.90 Å². The number of likely N-dealkylation sites (tertiary alicyclic amines) is 1. The van der Waals surface area contributed by atoms with Crippen molar-refractivity contribution in [3.05, 3.63) is 34.6 Å². The third-order valence-electron chi connectivity index (χ3n) is 3.50. The van der Waals surface area contributed by atoms with Gasteiger partial charge in [-0.05, 0) is 38.0 Å². The highest BCUT2D eigenvalue weighted by atomic mass is 35.5. The minimum absolute atomic E-state index is 0.0189. The Bertz CT molecular complexity index is 550. The van der Waals surface area contributed by atoms with Crippen LogP contribution in [0.4, 0.5) is 4.39 Å². The lowest BCUT2D eigenvalue weighted by Gasteiger charge is -2.31. The predicted molar refractivity (Wildman–Crippen MR) is 76.7 cm³/mol. The molecule has 0 saturated carbocycles. The number of amides is 1. The number of hydrogen-bond acceptors (Lipinski definition) is 3. The van der Waals surface area contributed by atoms with E-state index in [1.165, 1.54) is 12.1 Å².